The molecule has 0 aliphatic carbocycles. The number of halogens is 3. The van der Waals surface area contributed by atoms with E-state index in [1.807, 2.05) is 26.0 Å². The summed E-state index contributed by atoms with van der Waals surface area (Å²) in [5.74, 6) is 0.837. The Hall–Kier alpha value is -3.46. The summed E-state index contributed by atoms with van der Waals surface area (Å²) in [4.78, 5) is 16.5. The largest absolute Gasteiger partial charge is 0.505 e. The predicted molar refractivity (Wildman–Crippen MR) is 136 cm³/mol. The number of ether oxygens (including phenoxy) is 2. The van der Waals surface area contributed by atoms with Crippen LogP contribution < -0.4 is 14.8 Å². The molecule has 0 aliphatic rings. The van der Waals surface area contributed by atoms with Crippen molar-refractivity contribution in [3.05, 3.63) is 81.1 Å². The molecule has 0 aliphatic heterocycles. The Morgan fingerprint density at radius 3 is 2.31 bits per heavy atom. The van der Waals surface area contributed by atoms with E-state index >= 15 is 0 Å². The van der Waals surface area contributed by atoms with Crippen molar-refractivity contribution < 1.29 is 23.9 Å². The van der Waals surface area contributed by atoms with E-state index in [0.717, 1.165) is 5.56 Å². The smallest absolute Gasteiger partial charge is 0.316 e. The number of rotatable bonds is 8. The third-order valence-corrected chi connectivity index (χ3v) is 5.65. The minimum atomic E-state index is -0.552. The average Bonchev–Trinajstić information content (AvgIpc) is 3.34. The average molecular weight is 549 g/mol. The number of carbonyl (C=O) groups excluding carboxylic acids is 1. The molecule has 3 aromatic carbocycles. The van der Waals surface area contributed by atoms with Gasteiger partial charge in [-0.05, 0) is 55.8 Å². The van der Waals surface area contributed by atoms with E-state index in [1.165, 1.54) is 12.1 Å². The van der Waals surface area contributed by atoms with Gasteiger partial charge in [-0.25, -0.2) is 0 Å². The van der Waals surface area contributed by atoms with Gasteiger partial charge < -0.3 is 24.4 Å². The zero-order valence-electron chi connectivity index (χ0n) is 19.1. The Kier molecular flexibility index (Phi) is 7.88. The fourth-order valence-corrected chi connectivity index (χ4v) is 3.79. The highest BCUT2D eigenvalue weighted by molar-refractivity contribution is 6.37. The lowest BCUT2D eigenvalue weighted by molar-refractivity contribution is 0.0907. The molecule has 0 bridgehead atoms. The van der Waals surface area contributed by atoms with Crippen LogP contribution in [0.1, 0.15) is 30.1 Å². The van der Waals surface area contributed by atoms with Crippen LogP contribution in [0, 0.1) is 0 Å². The number of phenolic OH excluding ortho intramolecular Hbond substituents is 1. The highest BCUT2D eigenvalue weighted by Crippen LogP contribution is 2.35. The highest BCUT2D eigenvalue weighted by atomic mass is 35.5. The van der Waals surface area contributed by atoms with Crippen LogP contribution in [0.25, 0.3) is 11.4 Å². The van der Waals surface area contributed by atoms with Crippen LogP contribution in [-0.4, -0.2) is 27.3 Å². The Balaban J connectivity index is 1.34. The highest BCUT2D eigenvalue weighted by Gasteiger charge is 2.18. The number of phenols is 1. The first kappa shape index (κ1) is 25.6. The van der Waals surface area contributed by atoms with Gasteiger partial charge in [-0.15, -0.1) is 0 Å². The number of carbonyl (C=O) groups is 1. The SMILES string of the molecule is CC(C)Oc1ccc(Oc2ccc(CNC(=O)c3nc(-c4cc(Cl)c(O)c(Cl)c4)no3)cc2)cc1Cl. The lowest BCUT2D eigenvalue weighted by atomic mass is 10.2. The van der Waals surface area contributed by atoms with Crippen LogP contribution in [0.15, 0.2) is 59.1 Å². The summed E-state index contributed by atoms with van der Waals surface area (Å²) in [7, 11) is 0. The van der Waals surface area contributed by atoms with Crippen molar-refractivity contribution in [3.63, 3.8) is 0 Å². The molecular weight excluding hydrogens is 529 g/mol. The number of aromatic nitrogens is 2. The third-order valence-electron chi connectivity index (χ3n) is 4.77. The minimum Gasteiger partial charge on any atom is -0.505 e. The van der Waals surface area contributed by atoms with Gasteiger partial charge >= 0.3 is 11.8 Å². The van der Waals surface area contributed by atoms with Crippen molar-refractivity contribution in [2.45, 2.75) is 26.5 Å². The molecule has 0 unspecified atom stereocenters. The van der Waals surface area contributed by atoms with Gasteiger partial charge in [-0.3, -0.25) is 4.79 Å². The summed E-state index contributed by atoms with van der Waals surface area (Å²) in [5.41, 5.74) is 1.22. The van der Waals surface area contributed by atoms with Crippen LogP contribution in [0.3, 0.4) is 0 Å². The van der Waals surface area contributed by atoms with Crippen LogP contribution in [0.4, 0.5) is 0 Å². The van der Waals surface area contributed by atoms with Gasteiger partial charge in [-0.2, -0.15) is 4.98 Å². The molecule has 1 aromatic heterocycles. The number of hydrogen-bond acceptors (Lipinski definition) is 7. The van der Waals surface area contributed by atoms with Gasteiger partial charge in [0.05, 0.1) is 21.2 Å². The van der Waals surface area contributed by atoms with Crippen molar-refractivity contribution >= 4 is 40.7 Å². The molecule has 4 rings (SSSR count). The van der Waals surface area contributed by atoms with Gasteiger partial charge in [0, 0.05) is 18.2 Å². The summed E-state index contributed by atoms with van der Waals surface area (Å²) >= 11 is 18.1. The summed E-state index contributed by atoms with van der Waals surface area (Å²) < 4.78 is 16.5. The molecule has 8 nitrogen and oxygen atoms in total. The van der Waals surface area contributed by atoms with Gasteiger partial charge in [0.15, 0.2) is 5.75 Å². The molecule has 0 saturated carbocycles. The van der Waals surface area contributed by atoms with E-state index in [1.54, 1.807) is 30.3 Å². The summed E-state index contributed by atoms with van der Waals surface area (Å²) in [6, 6.07) is 15.2. The van der Waals surface area contributed by atoms with Crippen LogP contribution in [0.2, 0.25) is 15.1 Å². The fourth-order valence-electron chi connectivity index (χ4n) is 3.09. The third kappa shape index (κ3) is 6.20. The maximum Gasteiger partial charge on any atom is 0.316 e. The Labute approximate surface area is 221 Å². The first-order valence-corrected chi connectivity index (χ1v) is 11.9. The van der Waals surface area contributed by atoms with Crippen LogP contribution >= 0.6 is 34.8 Å². The monoisotopic (exact) mass is 547 g/mol. The Morgan fingerprint density at radius 1 is 1.00 bits per heavy atom. The Bertz CT molecular complexity index is 1370. The summed E-state index contributed by atoms with van der Waals surface area (Å²) in [6.07, 6.45) is 0.0154. The Morgan fingerprint density at radius 2 is 1.67 bits per heavy atom. The molecule has 2 N–H and O–H groups in total. The van der Waals surface area contributed by atoms with Crippen LogP contribution in [-0.2, 0) is 6.54 Å². The number of nitrogens with zero attached hydrogens (tertiary/aromatic N) is 2. The van der Waals surface area contributed by atoms with E-state index in [-0.39, 0.29) is 40.2 Å². The van der Waals surface area contributed by atoms with Gasteiger partial charge in [-0.1, -0.05) is 52.1 Å². The lowest BCUT2D eigenvalue weighted by Crippen LogP contribution is -2.23. The van der Waals surface area contributed by atoms with E-state index in [4.69, 9.17) is 48.8 Å². The van der Waals surface area contributed by atoms with Crippen molar-refractivity contribution in [1.82, 2.24) is 15.5 Å². The fraction of sp³-hybridized carbons (Fsp3) is 0.160. The van der Waals surface area contributed by atoms with Crippen LogP contribution in [0.5, 0.6) is 23.0 Å². The summed E-state index contributed by atoms with van der Waals surface area (Å²) in [5, 5.41) is 16.7. The van der Waals surface area contributed by atoms with E-state index in [9.17, 15) is 9.90 Å². The molecule has 1 heterocycles. The van der Waals surface area contributed by atoms with E-state index in [2.05, 4.69) is 15.5 Å². The molecule has 0 saturated heterocycles. The molecule has 0 radical (unpaired) electrons. The first-order valence-electron chi connectivity index (χ1n) is 10.7. The van der Waals surface area contributed by atoms with E-state index < -0.39 is 5.91 Å². The summed E-state index contributed by atoms with van der Waals surface area (Å²) in [6.45, 7) is 4.07. The molecule has 186 valence electrons. The van der Waals surface area contributed by atoms with Crippen molar-refractivity contribution in [3.8, 4) is 34.4 Å². The zero-order chi connectivity index (χ0) is 25.8. The van der Waals surface area contributed by atoms with Gasteiger partial charge in [0.25, 0.3) is 0 Å². The first-order chi connectivity index (χ1) is 17.2. The van der Waals surface area contributed by atoms with Crippen molar-refractivity contribution in [2.24, 2.45) is 0 Å². The molecular formula is C25H20Cl3N3O5. The number of hydrogen-bond donors (Lipinski definition) is 2. The standard InChI is InChI=1S/C25H20Cl3N3O5/c1-13(2)34-21-8-7-17(11-18(21)26)35-16-5-3-14(4-6-16)12-29-24(33)25-30-23(31-36-25)15-9-19(27)22(32)20(28)10-15/h3-11,13,32H,12H2,1-2H3,(H,29,33). The molecule has 4 aromatic rings. The molecule has 11 heteroatoms. The minimum absolute atomic E-state index is 0.0154. The molecule has 0 fully saturated rings. The lowest BCUT2D eigenvalue weighted by Gasteiger charge is -2.13. The van der Waals surface area contributed by atoms with Crippen molar-refractivity contribution in [2.75, 3.05) is 0 Å². The molecule has 36 heavy (non-hydrogen) atoms. The van der Waals surface area contributed by atoms with Gasteiger partial charge in [0.2, 0.25) is 5.82 Å². The second-order valence-corrected chi connectivity index (χ2v) is 9.12. The van der Waals surface area contributed by atoms with Crippen molar-refractivity contribution in [1.29, 1.82) is 0 Å². The predicted octanol–water partition coefficient (Wildman–Crippen LogP) is 6.91. The zero-order valence-corrected chi connectivity index (χ0v) is 21.4. The number of amides is 1. The number of aromatic hydroxyl groups is 1. The van der Waals surface area contributed by atoms with Gasteiger partial charge in [0.1, 0.15) is 17.2 Å². The second kappa shape index (κ2) is 11.1. The molecule has 1 amide bonds. The maximum absolute atomic E-state index is 12.4. The second-order valence-electron chi connectivity index (χ2n) is 7.90. The van der Waals surface area contributed by atoms with E-state index in [0.29, 0.717) is 27.8 Å². The quantitative estimate of drug-likeness (QED) is 0.246. The molecule has 0 spiro atoms. The number of benzene rings is 3. The number of nitrogens with one attached hydrogen (secondary N) is 1. The molecule has 0 atom stereocenters. The topological polar surface area (TPSA) is 107 Å². The normalized spacial score (nSPS) is 10.9. The maximum atomic E-state index is 12.4.